The number of nitrogens with one attached hydrogen (secondary N) is 1. The Labute approximate surface area is 148 Å². The van der Waals surface area contributed by atoms with Gasteiger partial charge in [0.25, 0.3) is 5.91 Å². The van der Waals surface area contributed by atoms with Crippen molar-refractivity contribution in [1.82, 2.24) is 10.2 Å². The molecule has 0 radical (unpaired) electrons. The van der Waals surface area contributed by atoms with Crippen molar-refractivity contribution in [2.24, 2.45) is 0 Å². The minimum atomic E-state index is -0.753. The van der Waals surface area contributed by atoms with E-state index in [0.717, 1.165) is 16.1 Å². The lowest BCUT2D eigenvalue weighted by Crippen LogP contribution is -2.30. The van der Waals surface area contributed by atoms with Gasteiger partial charge in [0.15, 0.2) is 6.10 Å². The summed E-state index contributed by atoms with van der Waals surface area (Å²) in [5.41, 5.74) is 2.10. The Bertz CT molecular complexity index is 863. The summed E-state index contributed by atoms with van der Waals surface area (Å²) in [6, 6.07) is 13.4. The van der Waals surface area contributed by atoms with Gasteiger partial charge in [-0.2, -0.15) is 0 Å². The Hall–Kier alpha value is -2.80. The fraction of sp³-hybridized carbons (Fsp3) is 0.167. The van der Waals surface area contributed by atoms with Gasteiger partial charge in [-0.15, -0.1) is 10.2 Å². The van der Waals surface area contributed by atoms with Gasteiger partial charge >= 0.3 is 0 Å². The molecule has 1 unspecified atom stereocenters. The maximum absolute atomic E-state index is 12.9. The second-order valence-corrected chi connectivity index (χ2v) is 6.46. The van der Waals surface area contributed by atoms with Crippen LogP contribution in [-0.2, 0) is 4.79 Å². The van der Waals surface area contributed by atoms with E-state index in [4.69, 9.17) is 4.74 Å². The number of amides is 1. The second-order valence-electron chi connectivity index (χ2n) is 5.48. The van der Waals surface area contributed by atoms with E-state index in [2.05, 4.69) is 15.5 Å². The molecule has 0 saturated heterocycles. The van der Waals surface area contributed by atoms with Gasteiger partial charge in [0, 0.05) is 5.56 Å². The third-order valence-electron chi connectivity index (χ3n) is 3.45. The molecule has 0 fully saturated rings. The molecule has 0 saturated carbocycles. The van der Waals surface area contributed by atoms with Crippen molar-refractivity contribution in [2.45, 2.75) is 20.0 Å². The number of benzene rings is 2. The number of carbonyl (C=O) groups excluding carboxylic acids is 1. The number of nitrogens with zero attached hydrogens (tertiary/aromatic N) is 2. The highest BCUT2D eigenvalue weighted by atomic mass is 32.1. The molecular weight excluding hydrogens is 341 g/mol. The highest BCUT2D eigenvalue weighted by Gasteiger charge is 2.17. The van der Waals surface area contributed by atoms with Gasteiger partial charge in [-0.3, -0.25) is 10.1 Å². The van der Waals surface area contributed by atoms with Crippen LogP contribution in [0.5, 0.6) is 5.75 Å². The first-order valence-electron chi connectivity index (χ1n) is 7.65. The van der Waals surface area contributed by atoms with E-state index in [9.17, 15) is 9.18 Å². The summed E-state index contributed by atoms with van der Waals surface area (Å²) < 4.78 is 18.4. The minimum absolute atomic E-state index is 0.351. The number of ether oxygens (including phenoxy) is 1. The van der Waals surface area contributed by atoms with Gasteiger partial charge in [-0.05, 0) is 38.1 Å². The van der Waals surface area contributed by atoms with E-state index in [1.165, 1.54) is 35.6 Å². The molecule has 3 aromatic rings. The van der Waals surface area contributed by atoms with Crippen molar-refractivity contribution in [1.29, 1.82) is 0 Å². The summed E-state index contributed by atoms with van der Waals surface area (Å²) in [7, 11) is 0. The molecule has 3 rings (SSSR count). The fourth-order valence-corrected chi connectivity index (χ4v) is 2.82. The molecule has 0 aliphatic carbocycles. The smallest absolute Gasteiger partial charge is 0.266 e. The summed E-state index contributed by atoms with van der Waals surface area (Å²) in [5.74, 6) is -0.292. The molecule has 1 heterocycles. The van der Waals surface area contributed by atoms with Crippen molar-refractivity contribution in [3.63, 3.8) is 0 Å². The maximum Gasteiger partial charge on any atom is 0.266 e. The van der Waals surface area contributed by atoms with Crippen LogP contribution in [0.15, 0.2) is 48.5 Å². The van der Waals surface area contributed by atoms with E-state index in [-0.39, 0.29) is 11.7 Å². The van der Waals surface area contributed by atoms with Crippen molar-refractivity contribution < 1.29 is 13.9 Å². The Morgan fingerprint density at radius 3 is 2.48 bits per heavy atom. The summed E-state index contributed by atoms with van der Waals surface area (Å²) in [6.07, 6.45) is -0.753. The van der Waals surface area contributed by atoms with Crippen LogP contribution in [0.1, 0.15) is 12.5 Å². The SMILES string of the molecule is Cc1ccc(-c2nnc(NC(=O)C(C)Oc3ccc(F)cc3)s2)cc1. The lowest BCUT2D eigenvalue weighted by molar-refractivity contribution is -0.122. The monoisotopic (exact) mass is 357 g/mol. The first-order valence-corrected chi connectivity index (χ1v) is 8.46. The van der Waals surface area contributed by atoms with Crippen LogP contribution < -0.4 is 10.1 Å². The molecule has 0 aliphatic heterocycles. The lowest BCUT2D eigenvalue weighted by atomic mass is 10.2. The molecule has 1 aromatic heterocycles. The van der Waals surface area contributed by atoms with Crippen LogP contribution in [-0.4, -0.2) is 22.2 Å². The van der Waals surface area contributed by atoms with Crippen LogP contribution in [0.4, 0.5) is 9.52 Å². The summed E-state index contributed by atoms with van der Waals surface area (Å²) in [6.45, 7) is 3.62. The summed E-state index contributed by atoms with van der Waals surface area (Å²) in [5, 5.41) is 11.9. The van der Waals surface area contributed by atoms with E-state index >= 15 is 0 Å². The fourth-order valence-electron chi connectivity index (χ4n) is 2.06. The number of hydrogen-bond acceptors (Lipinski definition) is 5. The summed E-state index contributed by atoms with van der Waals surface area (Å²) in [4.78, 5) is 12.2. The molecule has 128 valence electrons. The third-order valence-corrected chi connectivity index (χ3v) is 4.34. The number of aromatic nitrogens is 2. The normalized spacial score (nSPS) is 11.8. The number of rotatable bonds is 5. The van der Waals surface area contributed by atoms with Crippen molar-refractivity contribution >= 4 is 22.4 Å². The van der Waals surface area contributed by atoms with Gasteiger partial charge in [-0.1, -0.05) is 41.2 Å². The molecule has 1 N–H and O–H groups in total. The Morgan fingerprint density at radius 2 is 1.80 bits per heavy atom. The molecule has 1 amide bonds. The number of hydrogen-bond donors (Lipinski definition) is 1. The summed E-state index contributed by atoms with van der Waals surface area (Å²) >= 11 is 1.29. The van der Waals surface area contributed by atoms with Crippen LogP contribution in [0.25, 0.3) is 10.6 Å². The molecular formula is C18H16FN3O2S. The molecule has 2 aromatic carbocycles. The van der Waals surface area contributed by atoms with Gasteiger partial charge in [0.1, 0.15) is 16.6 Å². The highest BCUT2D eigenvalue weighted by molar-refractivity contribution is 7.18. The number of halogens is 1. The molecule has 0 bridgehead atoms. The van der Waals surface area contributed by atoms with Crippen molar-refractivity contribution in [3.8, 4) is 16.3 Å². The Kier molecular flexibility index (Phi) is 5.04. The highest BCUT2D eigenvalue weighted by Crippen LogP contribution is 2.26. The zero-order valence-corrected chi connectivity index (χ0v) is 14.5. The van der Waals surface area contributed by atoms with Gasteiger partial charge in [-0.25, -0.2) is 4.39 Å². The number of aryl methyl sites for hydroxylation is 1. The van der Waals surface area contributed by atoms with Gasteiger partial charge in [0.05, 0.1) is 0 Å². The predicted molar refractivity (Wildman–Crippen MR) is 95.2 cm³/mol. The van der Waals surface area contributed by atoms with Crippen LogP contribution in [0.2, 0.25) is 0 Å². The quantitative estimate of drug-likeness (QED) is 0.748. The maximum atomic E-state index is 12.9. The molecule has 0 spiro atoms. The standard InChI is InChI=1S/C18H16FN3O2S/c1-11-3-5-13(6-4-11)17-21-22-18(25-17)20-16(23)12(2)24-15-9-7-14(19)8-10-15/h3-10,12H,1-2H3,(H,20,22,23). The molecule has 1 atom stereocenters. The Morgan fingerprint density at radius 1 is 1.12 bits per heavy atom. The van der Waals surface area contributed by atoms with Crippen molar-refractivity contribution in [3.05, 3.63) is 59.9 Å². The Balaban J connectivity index is 1.62. The first kappa shape index (κ1) is 17.0. The van der Waals surface area contributed by atoms with Crippen LogP contribution in [0.3, 0.4) is 0 Å². The number of carbonyl (C=O) groups is 1. The van der Waals surface area contributed by atoms with Crippen LogP contribution in [0, 0.1) is 12.7 Å². The average Bonchev–Trinajstić information content (AvgIpc) is 3.06. The minimum Gasteiger partial charge on any atom is -0.481 e. The van der Waals surface area contributed by atoms with E-state index in [0.29, 0.717) is 10.9 Å². The zero-order chi connectivity index (χ0) is 17.8. The second kappa shape index (κ2) is 7.40. The first-order chi connectivity index (χ1) is 12.0. The van der Waals surface area contributed by atoms with E-state index < -0.39 is 6.10 Å². The molecule has 5 nitrogen and oxygen atoms in total. The van der Waals surface area contributed by atoms with E-state index in [1.807, 2.05) is 31.2 Å². The lowest BCUT2D eigenvalue weighted by Gasteiger charge is -2.13. The van der Waals surface area contributed by atoms with E-state index in [1.54, 1.807) is 6.92 Å². The largest absolute Gasteiger partial charge is 0.481 e. The molecule has 7 heteroatoms. The zero-order valence-electron chi connectivity index (χ0n) is 13.7. The topological polar surface area (TPSA) is 64.1 Å². The average molecular weight is 357 g/mol. The van der Waals surface area contributed by atoms with Gasteiger partial charge in [0.2, 0.25) is 5.13 Å². The molecule has 0 aliphatic rings. The predicted octanol–water partition coefficient (Wildman–Crippen LogP) is 4.06. The number of anilines is 1. The van der Waals surface area contributed by atoms with Gasteiger partial charge < -0.3 is 4.74 Å². The van der Waals surface area contributed by atoms with Crippen LogP contribution >= 0.6 is 11.3 Å². The third kappa shape index (κ3) is 4.39. The molecule has 25 heavy (non-hydrogen) atoms. The van der Waals surface area contributed by atoms with Crippen molar-refractivity contribution in [2.75, 3.05) is 5.32 Å².